The standard InChI is InChI=1S/C23H29N3O4/c1-15-11-16(2)14-26(13-15)21-19(5-4-9-24-21)22(27)25-10-8-17-6-7-18(23(28)29)20(12-17)30-3/h4-7,9,12,15-16H,8,10-11,13-14H2,1-3H3,(H,25,27)(H,28,29)/t15-,16-/m0/s1. The maximum Gasteiger partial charge on any atom is 0.339 e. The van der Waals surface area contributed by atoms with E-state index in [1.807, 2.05) is 6.07 Å². The third-order valence-electron chi connectivity index (χ3n) is 5.40. The third-order valence-corrected chi connectivity index (χ3v) is 5.40. The number of hydrogen-bond acceptors (Lipinski definition) is 5. The molecule has 7 nitrogen and oxygen atoms in total. The summed E-state index contributed by atoms with van der Waals surface area (Å²) in [6.07, 6.45) is 3.48. The van der Waals surface area contributed by atoms with Crippen molar-refractivity contribution in [3.05, 3.63) is 53.2 Å². The molecule has 1 aliphatic heterocycles. The molecular weight excluding hydrogens is 382 g/mol. The number of nitrogens with one attached hydrogen (secondary N) is 1. The Morgan fingerprint density at radius 3 is 2.60 bits per heavy atom. The quantitative estimate of drug-likeness (QED) is 0.727. The molecule has 0 bridgehead atoms. The lowest BCUT2D eigenvalue weighted by molar-refractivity contribution is 0.0693. The van der Waals surface area contributed by atoms with E-state index in [0.717, 1.165) is 24.5 Å². The van der Waals surface area contributed by atoms with Gasteiger partial charge in [-0.05, 0) is 54.5 Å². The average Bonchev–Trinajstić information content (AvgIpc) is 2.72. The number of aromatic carboxylic acids is 1. The summed E-state index contributed by atoms with van der Waals surface area (Å²) in [4.78, 5) is 30.8. The Morgan fingerprint density at radius 2 is 1.93 bits per heavy atom. The van der Waals surface area contributed by atoms with Gasteiger partial charge in [0.15, 0.2) is 0 Å². The number of carboxylic acids is 1. The van der Waals surface area contributed by atoms with Crippen LogP contribution in [0.25, 0.3) is 0 Å². The Bertz CT molecular complexity index is 905. The van der Waals surface area contributed by atoms with Crippen molar-refractivity contribution in [2.24, 2.45) is 11.8 Å². The molecule has 1 aliphatic rings. The number of anilines is 1. The van der Waals surface area contributed by atoms with Crippen LogP contribution in [-0.2, 0) is 6.42 Å². The second-order valence-corrected chi connectivity index (χ2v) is 8.07. The van der Waals surface area contributed by atoms with Gasteiger partial charge in [0.25, 0.3) is 5.91 Å². The first-order valence-electron chi connectivity index (χ1n) is 10.3. The molecule has 0 radical (unpaired) electrons. The smallest absolute Gasteiger partial charge is 0.339 e. The molecule has 160 valence electrons. The Labute approximate surface area is 177 Å². The number of carbonyl (C=O) groups excluding carboxylic acids is 1. The van der Waals surface area contributed by atoms with E-state index in [0.29, 0.717) is 36.1 Å². The van der Waals surface area contributed by atoms with Crippen molar-refractivity contribution in [3.8, 4) is 5.75 Å². The third kappa shape index (κ3) is 5.09. The highest BCUT2D eigenvalue weighted by atomic mass is 16.5. The number of pyridine rings is 1. The van der Waals surface area contributed by atoms with E-state index in [9.17, 15) is 14.7 Å². The molecule has 2 N–H and O–H groups in total. The van der Waals surface area contributed by atoms with Crippen molar-refractivity contribution < 1.29 is 19.4 Å². The number of methoxy groups -OCH3 is 1. The zero-order valence-electron chi connectivity index (χ0n) is 17.7. The molecule has 3 rings (SSSR count). The van der Waals surface area contributed by atoms with Gasteiger partial charge >= 0.3 is 5.97 Å². The summed E-state index contributed by atoms with van der Waals surface area (Å²) in [7, 11) is 1.44. The van der Waals surface area contributed by atoms with Gasteiger partial charge in [-0.2, -0.15) is 0 Å². The molecule has 1 aromatic carbocycles. The van der Waals surface area contributed by atoms with Crippen LogP contribution >= 0.6 is 0 Å². The molecule has 0 saturated carbocycles. The van der Waals surface area contributed by atoms with Crippen LogP contribution in [0.15, 0.2) is 36.5 Å². The van der Waals surface area contributed by atoms with Gasteiger partial charge in [-0.3, -0.25) is 4.79 Å². The number of aromatic nitrogens is 1. The fourth-order valence-corrected chi connectivity index (χ4v) is 4.15. The zero-order chi connectivity index (χ0) is 21.7. The van der Waals surface area contributed by atoms with E-state index < -0.39 is 5.97 Å². The number of benzene rings is 1. The second-order valence-electron chi connectivity index (χ2n) is 8.07. The minimum Gasteiger partial charge on any atom is -0.496 e. The number of ether oxygens (including phenoxy) is 1. The van der Waals surface area contributed by atoms with Gasteiger partial charge in [-0.25, -0.2) is 9.78 Å². The van der Waals surface area contributed by atoms with Crippen molar-refractivity contribution >= 4 is 17.7 Å². The average molecular weight is 412 g/mol. The monoisotopic (exact) mass is 411 g/mol. The topological polar surface area (TPSA) is 91.8 Å². The summed E-state index contributed by atoms with van der Waals surface area (Å²) in [6.45, 7) is 6.69. The van der Waals surface area contributed by atoms with Crippen LogP contribution in [0.1, 0.15) is 46.5 Å². The molecule has 0 spiro atoms. The summed E-state index contributed by atoms with van der Waals surface area (Å²) in [5.74, 6) is 0.996. The van der Waals surface area contributed by atoms with Gasteiger partial charge in [0, 0.05) is 25.8 Å². The molecule has 0 aliphatic carbocycles. The Balaban J connectivity index is 1.65. The van der Waals surface area contributed by atoms with E-state index in [-0.39, 0.29) is 11.5 Å². The molecular formula is C23H29N3O4. The first-order chi connectivity index (χ1) is 14.4. The fourth-order valence-electron chi connectivity index (χ4n) is 4.15. The minimum atomic E-state index is -1.03. The lowest BCUT2D eigenvalue weighted by atomic mass is 9.91. The largest absolute Gasteiger partial charge is 0.496 e. The van der Waals surface area contributed by atoms with Gasteiger partial charge in [0.05, 0.1) is 12.7 Å². The maximum absolute atomic E-state index is 12.8. The van der Waals surface area contributed by atoms with Gasteiger partial charge in [0.1, 0.15) is 17.1 Å². The van der Waals surface area contributed by atoms with E-state index >= 15 is 0 Å². The van der Waals surface area contributed by atoms with Gasteiger partial charge in [0.2, 0.25) is 0 Å². The predicted molar refractivity (Wildman–Crippen MR) is 115 cm³/mol. The van der Waals surface area contributed by atoms with Crippen LogP contribution in [0, 0.1) is 11.8 Å². The Hall–Kier alpha value is -3.09. The lowest BCUT2D eigenvalue weighted by Crippen LogP contribution is -2.40. The van der Waals surface area contributed by atoms with Crippen molar-refractivity contribution in [3.63, 3.8) is 0 Å². The number of amides is 1. The first-order valence-corrected chi connectivity index (χ1v) is 10.3. The van der Waals surface area contributed by atoms with Gasteiger partial charge in [-0.1, -0.05) is 19.9 Å². The van der Waals surface area contributed by atoms with Crippen LogP contribution in [0.5, 0.6) is 5.75 Å². The first kappa shape index (κ1) is 21.6. The number of rotatable bonds is 7. The molecule has 1 aromatic heterocycles. The van der Waals surface area contributed by atoms with E-state index in [2.05, 4.69) is 29.0 Å². The summed E-state index contributed by atoms with van der Waals surface area (Å²) >= 11 is 0. The molecule has 30 heavy (non-hydrogen) atoms. The van der Waals surface area contributed by atoms with Gasteiger partial charge in [-0.15, -0.1) is 0 Å². The Morgan fingerprint density at radius 1 is 1.20 bits per heavy atom. The van der Waals surface area contributed by atoms with Crippen LogP contribution in [0.2, 0.25) is 0 Å². The number of carbonyl (C=O) groups is 2. The summed E-state index contributed by atoms with van der Waals surface area (Å²) in [5.41, 5.74) is 1.59. The summed E-state index contributed by atoms with van der Waals surface area (Å²) in [6, 6.07) is 8.55. The highest BCUT2D eigenvalue weighted by Crippen LogP contribution is 2.27. The van der Waals surface area contributed by atoms with Crippen LogP contribution in [-0.4, -0.2) is 48.7 Å². The van der Waals surface area contributed by atoms with Crippen LogP contribution in [0.3, 0.4) is 0 Å². The number of hydrogen-bond donors (Lipinski definition) is 2. The zero-order valence-corrected chi connectivity index (χ0v) is 17.7. The number of nitrogens with zero attached hydrogens (tertiary/aromatic N) is 2. The lowest BCUT2D eigenvalue weighted by Gasteiger charge is -2.36. The molecule has 2 aromatic rings. The van der Waals surface area contributed by atoms with Gasteiger partial charge < -0.3 is 20.1 Å². The normalized spacial score (nSPS) is 18.7. The fraction of sp³-hybridized carbons (Fsp3) is 0.435. The van der Waals surface area contributed by atoms with Crippen molar-refractivity contribution in [2.45, 2.75) is 26.7 Å². The molecule has 0 unspecified atom stereocenters. The SMILES string of the molecule is COc1cc(CCNC(=O)c2cccnc2N2C[C@@H](C)C[C@H](C)C2)ccc1C(=O)O. The number of piperidine rings is 1. The van der Waals surface area contributed by atoms with E-state index in [4.69, 9.17) is 4.74 Å². The highest BCUT2D eigenvalue weighted by molar-refractivity contribution is 5.99. The highest BCUT2D eigenvalue weighted by Gasteiger charge is 2.26. The van der Waals surface area contributed by atoms with E-state index in [1.165, 1.54) is 19.6 Å². The molecule has 1 amide bonds. The predicted octanol–water partition coefficient (Wildman–Crippen LogP) is 3.24. The van der Waals surface area contributed by atoms with Crippen molar-refractivity contribution in [2.75, 3.05) is 31.6 Å². The van der Waals surface area contributed by atoms with Crippen molar-refractivity contribution in [1.82, 2.24) is 10.3 Å². The molecule has 7 heteroatoms. The van der Waals surface area contributed by atoms with Crippen LogP contribution < -0.4 is 15.0 Å². The van der Waals surface area contributed by atoms with E-state index in [1.54, 1.807) is 24.4 Å². The molecule has 1 saturated heterocycles. The maximum atomic E-state index is 12.8. The molecule has 2 atom stereocenters. The van der Waals surface area contributed by atoms with Crippen molar-refractivity contribution in [1.29, 1.82) is 0 Å². The second kappa shape index (κ2) is 9.61. The van der Waals surface area contributed by atoms with Crippen LogP contribution in [0.4, 0.5) is 5.82 Å². The Kier molecular flexibility index (Phi) is 6.92. The summed E-state index contributed by atoms with van der Waals surface area (Å²) in [5, 5.41) is 12.1. The molecule has 2 heterocycles. The molecule has 1 fully saturated rings. The summed E-state index contributed by atoms with van der Waals surface area (Å²) < 4.78 is 5.16. The minimum absolute atomic E-state index is 0.121. The number of carboxylic acid groups (broad SMARTS) is 1.